The Morgan fingerprint density at radius 3 is 2.86 bits per heavy atom. The molecule has 0 atom stereocenters. The third kappa shape index (κ3) is 1.31. The molecule has 0 fully saturated rings. The van der Waals surface area contributed by atoms with Gasteiger partial charge in [-0.05, 0) is 18.1 Å². The van der Waals surface area contributed by atoms with Crippen LogP contribution in [0.1, 0.15) is 35.9 Å². The van der Waals surface area contributed by atoms with Crippen LogP contribution in [0.4, 0.5) is 0 Å². The number of carbonyl (C=O) groups excluding carboxylic acids is 1. The molecule has 0 unspecified atom stereocenters. The molecule has 0 spiro atoms. The zero-order valence-electron chi connectivity index (χ0n) is 8.27. The van der Waals surface area contributed by atoms with Gasteiger partial charge in [0.2, 0.25) is 0 Å². The van der Waals surface area contributed by atoms with Crippen molar-refractivity contribution in [3.05, 3.63) is 35.8 Å². The van der Waals surface area contributed by atoms with Gasteiger partial charge in [-0.25, -0.2) is 4.98 Å². The van der Waals surface area contributed by atoms with E-state index in [4.69, 9.17) is 0 Å². The van der Waals surface area contributed by atoms with E-state index in [-0.39, 0.29) is 0 Å². The third-order valence-corrected chi connectivity index (χ3v) is 2.25. The van der Waals surface area contributed by atoms with Crippen LogP contribution in [0.25, 0.3) is 5.65 Å². The SMILES string of the molecule is CC(C)c1cn2c(C=O)cccc2n1. The van der Waals surface area contributed by atoms with Gasteiger partial charge in [0.05, 0.1) is 11.4 Å². The standard InChI is InChI=1S/C11H12N2O/c1-8(2)10-6-13-9(7-14)4-3-5-11(13)12-10/h3-8H,1-2H3. The Balaban J connectivity index is 2.70. The highest BCUT2D eigenvalue weighted by molar-refractivity contribution is 5.73. The fourth-order valence-corrected chi connectivity index (χ4v) is 1.43. The Morgan fingerprint density at radius 2 is 2.21 bits per heavy atom. The molecule has 0 aliphatic carbocycles. The van der Waals surface area contributed by atoms with Crippen molar-refractivity contribution in [3.63, 3.8) is 0 Å². The third-order valence-electron chi connectivity index (χ3n) is 2.25. The Labute approximate surface area is 82.4 Å². The number of aldehydes is 1. The van der Waals surface area contributed by atoms with E-state index in [9.17, 15) is 4.79 Å². The quantitative estimate of drug-likeness (QED) is 0.677. The molecular formula is C11H12N2O. The lowest BCUT2D eigenvalue weighted by Gasteiger charge is -1.96. The summed E-state index contributed by atoms with van der Waals surface area (Å²) in [5, 5.41) is 0. The first kappa shape index (κ1) is 8.94. The molecule has 3 nitrogen and oxygen atoms in total. The summed E-state index contributed by atoms with van der Waals surface area (Å²) in [7, 11) is 0. The van der Waals surface area contributed by atoms with E-state index in [0.717, 1.165) is 17.6 Å². The summed E-state index contributed by atoms with van der Waals surface area (Å²) in [5.74, 6) is 0.384. The first-order valence-corrected chi connectivity index (χ1v) is 4.65. The topological polar surface area (TPSA) is 34.4 Å². The molecule has 14 heavy (non-hydrogen) atoms. The van der Waals surface area contributed by atoms with Crippen molar-refractivity contribution in [2.45, 2.75) is 19.8 Å². The van der Waals surface area contributed by atoms with E-state index in [1.807, 2.05) is 22.7 Å². The van der Waals surface area contributed by atoms with Crippen molar-refractivity contribution in [3.8, 4) is 0 Å². The number of hydrogen-bond acceptors (Lipinski definition) is 2. The highest BCUT2D eigenvalue weighted by Crippen LogP contribution is 2.15. The largest absolute Gasteiger partial charge is 0.297 e. The molecule has 0 amide bonds. The van der Waals surface area contributed by atoms with E-state index in [2.05, 4.69) is 18.8 Å². The summed E-state index contributed by atoms with van der Waals surface area (Å²) in [5.41, 5.74) is 2.49. The average molecular weight is 188 g/mol. The summed E-state index contributed by atoms with van der Waals surface area (Å²) in [6, 6.07) is 5.53. The molecule has 0 N–H and O–H groups in total. The lowest BCUT2D eigenvalue weighted by atomic mass is 10.2. The molecule has 2 rings (SSSR count). The molecule has 0 saturated carbocycles. The zero-order valence-corrected chi connectivity index (χ0v) is 8.27. The number of rotatable bonds is 2. The van der Waals surface area contributed by atoms with Gasteiger partial charge in [-0.1, -0.05) is 19.9 Å². The second-order valence-electron chi connectivity index (χ2n) is 3.62. The number of aromatic nitrogens is 2. The van der Waals surface area contributed by atoms with Crippen LogP contribution in [-0.2, 0) is 0 Å². The molecule has 2 aromatic rings. The van der Waals surface area contributed by atoms with Crippen LogP contribution < -0.4 is 0 Å². The molecule has 0 aromatic carbocycles. The smallest absolute Gasteiger partial charge is 0.166 e. The van der Waals surface area contributed by atoms with E-state index < -0.39 is 0 Å². The highest BCUT2D eigenvalue weighted by atomic mass is 16.1. The number of nitrogens with zero attached hydrogens (tertiary/aromatic N) is 2. The van der Waals surface area contributed by atoms with Gasteiger partial charge in [0.15, 0.2) is 6.29 Å². The number of fused-ring (bicyclic) bond motifs is 1. The van der Waals surface area contributed by atoms with Crippen LogP contribution in [0, 0.1) is 0 Å². The van der Waals surface area contributed by atoms with E-state index in [1.165, 1.54) is 0 Å². The first-order valence-electron chi connectivity index (χ1n) is 4.65. The van der Waals surface area contributed by atoms with Crippen molar-refractivity contribution < 1.29 is 4.79 Å². The predicted molar refractivity (Wildman–Crippen MR) is 54.7 cm³/mol. The van der Waals surface area contributed by atoms with Crippen molar-refractivity contribution in [1.29, 1.82) is 0 Å². The highest BCUT2D eigenvalue weighted by Gasteiger charge is 2.06. The molecule has 0 aliphatic heterocycles. The van der Waals surface area contributed by atoms with Gasteiger partial charge in [0.1, 0.15) is 5.65 Å². The van der Waals surface area contributed by atoms with Crippen molar-refractivity contribution >= 4 is 11.9 Å². The summed E-state index contributed by atoms with van der Waals surface area (Å²) < 4.78 is 1.82. The molecule has 2 heterocycles. The minimum absolute atomic E-state index is 0.384. The number of pyridine rings is 1. The van der Waals surface area contributed by atoms with Crippen LogP contribution in [0.2, 0.25) is 0 Å². The number of hydrogen-bond donors (Lipinski definition) is 0. The normalized spacial score (nSPS) is 11.1. The lowest BCUT2D eigenvalue weighted by molar-refractivity contribution is 0.111. The van der Waals surface area contributed by atoms with Crippen LogP contribution in [0.3, 0.4) is 0 Å². The van der Waals surface area contributed by atoms with Crippen molar-refractivity contribution in [1.82, 2.24) is 9.38 Å². The fourth-order valence-electron chi connectivity index (χ4n) is 1.43. The summed E-state index contributed by atoms with van der Waals surface area (Å²) in [4.78, 5) is 15.2. The molecule has 0 saturated heterocycles. The molecule has 0 aliphatic rings. The van der Waals surface area contributed by atoms with Gasteiger partial charge in [0.25, 0.3) is 0 Å². The van der Waals surface area contributed by atoms with E-state index >= 15 is 0 Å². The number of imidazole rings is 1. The van der Waals surface area contributed by atoms with Gasteiger partial charge < -0.3 is 0 Å². The molecule has 3 heteroatoms. The van der Waals surface area contributed by atoms with Crippen molar-refractivity contribution in [2.24, 2.45) is 0 Å². The van der Waals surface area contributed by atoms with Crippen LogP contribution in [-0.4, -0.2) is 15.7 Å². The Bertz CT molecular complexity index is 471. The summed E-state index contributed by atoms with van der Waals surface area (Å²) >= 11 is 0. The Hall–Kier alpha value is -1.64. The zero-order chi connectivity index (χ0) is 10.1. The fraction of sp³-hybridized carbons (Fsp3) is 0.273. The lowest BCUT2D eigenvalue weighted by Crippen LogP contribution is -1.92. The summed E-state index contributed by atoms with van der Waals surface area (Å²) in [6.07, 6.45) is 2.77. The van der Waals surface area contributed by atoms with Crippen LogP contribution in [0.5, 0.6) is 0 Å². The van der Waals surface area contributed by atoms with Crippen molar-refractivity contribution in [2.75, 3.05) is 0 Å². The Kier molecular flexibility index (Phi) is 2.08. The van der Waals surface area contributed by atoms with Gasteiger partial charge >= 0.3 is 0 Å². The second kappa shape index (κ2) is 3.25. The Morgan fingerprint density at radius 1 is 1.43 bits per heavy atom. The van der Waals surface area contributed by atoms with E-state index in [0.29, 0.717) is 11.6 Å². The molecule has 0 bridgehead atoms. The summed E-state index contributed by atoms with van der Waals surface area (Å²) in [6.45, 7) is 4.17. The molecular weight excluding hydrogens is 176 g/mol. The van der Waals surface area contributed by atoms with Crippen LogP contribution in [0.15, 0.2) is 24.4 Å². The molecule has 72 valence electrons. The van der Waals surface area contributed by atoms with Gasteiger partial charge in [-0.15, -0.1) is 0 Å². The predicted octanol–water partition coefficient (Wildman–Crippen LogP) is 2.27. The van der Waals surface area contributed by atoms with Gasteiger partial charge in [-0.2, -0.15) is 0 Å². The maximum absolute atomic E-state index is 10.8. The minimum Gasteiger partial charge on any atom is -0.297 e. The van der Waals surface area contributed by atoms with E-state index in [1.54, 1.807) is 6.07 Å². The first-order chi connectivity index (χ1) is 6.72. The molecule has 0 radical (unpaired) electrons. The average Bonchev–Trinajstić information content (AvgIpc) is 2.60. The maximum Gasteiger partial charge on any atom is 0.166 e. The van der Waals surface area contributed by atoms with Gasteiger partial charge in [-0.3, -0.25) is 9.20 Å². The van der Waals surface area contributed by atoms with Gasteiger partial charge in [0, 0.05) is 6.20 Å². The number of carbonyl (C=O) groups is 1. The second-order valence-corrected chi connectivity index (χ2v) is 3.62. The monoisotopic (exact) mass is 188 g/mol. The minimum atomic E-state index is 0.384. The van der Waals surface area contributed by atoms with Crippen LogP contribution >= 0.6 is 0 Å². The molecule has 2 aromatic heterocycles. The maximum atomic E-state index is 10.8.